The molecule has 0 saturated heterocycles. The summed E-state index contributed by atoms with van der Waals surface area (Å²) in [5, 5.41) is 7.12. The van der Waals surface area contributed by atoms with Crippen molar-refractivity contribution in [3.8, 4) is 11.1 Å². The Balaban J connectivity index is 1.26. The van der Waals surface area contributed by atoms with Gasteiger partial charge in [-0.25, -0.2) is 4.68 Å². The van der Waals surface area contributed by atoms with Crippen molar-refractivity contribution in [1.29, 1.82) is 0 Å². The number of aromatic nitrogens is 2. The standard InChI is InChI=1S/C24H25N3O3/c28-23(26-22-14-15-25-27(22)21-8-4-5-9-21)17-30-24(29)16-18-10-12-20(13-11-18)19-6-2-1-3-7-19/h1-3,6-7,10-15,21H,4-5,8-9,16-17H2,(H,26,28). The zero-order chi connectivity index (χ0) is 20.8. The third kappa shape index (κ3) is 4.95. The summed E-state index contributed by atoms with van der Waals surface area (Å²) in [5.41, 5.74) is 3.06. The lowest BCUT2D eigenvalue weighted by atomic mass is 10.0. The van der Waals surface area contributed by atoms with E-state index in [4.69, 9.17) is 4.74 Å². The van der Waals surface area contributed by atoms with Crippen molar-refractivity contribution in [3.63, 3.8) is 0 Å². The predicted octanol–water partition coefficient (Wildman–Crippen LogP) is 4.39. The molecule has 0 atom stereocenters. The van der Waals surface area contributed by atoms with Gasteiger partial charge in [0.2, 0.25) is 0 Å². The van der Waals surface area contributed by atoms with Gasteiger partial charge in [-0.3, -0.25) is 9.59 Å². The molecule has 1 heterocycles. The molecule has 0 radical (unpaired) electrons. The maximum Gasteiger partial charge on any atom is 0.310 e. The lowest BCUT2D eigenvalue weighted by molar-refractivity contribution is -0.146. The van der Waals surface area contributed by atoms with Crippen molar-refractivity contribution in [2.75, 3.05) is 11.9 Å². The average Bonchev–Trinajstić information content (AvgIpc) is 3.45. The highest BCUT2D eigenvalue weighted by atomic mass is 16.5. The first-order chi connectivity index (χ1) is 14.7. The van der Waals surface area contributed by atoms with E-state index < -0.39 is 5.97 Å². The summed E-state index contributed by atoms with van der Waals surface area (Å²) < 4.78 is 7.02. The summed E-state index contributed by atoms with van der Waals surface area (Å²) in [5.74, 6) is -0.135. The highest BCUT2D eigenvalue weighted by Gasteiger charge is 2.20. The molecule has 1 aromatic heterocycles. The smallest absolute Gasteiger partial charge is 0.310 e. The van der Waals surface area contributed by atoms with Gasteiger partial charge >= 0.3 is 5.97 Å². The van der Waals surface area contributed by atoms with Crippen LogP contribution in [0.5, 0.6) is 0 Å². The Bertz CT molecular complexity index is 990. The fourth-order valence-electron chi connectivity index (χ4n) is 3.84. The number of anilines is 1. The number of amides is 1. The highest BCUT2D eigenvalue weighted by Crippen LogP contribution is 2.31. The van der Waals surface area contributed by atoms with Gasteiger partial charge < -0.3 is 10.1 Å². The molecule has 0 aliphatic heterocycles. The molecule has 6 nitrogen and oxygen atoms in total. The number of benzene rings is 2. The Morgan fingerprint density at radius 3 is 2.40 bits per heavy atom. The zero-order valence-corrected chi connectivity index (χ0v) is 16.8. The van der Waals surface area contributed by atoms with Gasteiger partial charge in [0, 0.05) is 6.07 Å². The number of carbonyl (C=O) groups excluding carboxylic acids is 2. The molecule has 0 unspecified atom stereocenters. The van der Waals surface area contributed by atoms with Crippen LogP contribution in [0, 0.1) is 0 Å². The second-order valence-corrected chi connectivity index (χ2v) is 7.55. The number of hydrogen-bond donors (Lipinski definition) is 1. The number of nitrogens with one attached hydrogen (secondary N) is 1. The molecule has 0 spiro atoms. The number of nitrogens with zero attached hydrogens (tertiary/aromatic N) is 2. The molecule has 1 amide bonds. The zero-order valence-electron chi connectivity index (χ0n) is 16.8. The number of hydrogen-bond acceptors (Lipinski definition) is 4. The van der Waals surface area contributed by atoms with Gasteiger partial charge in [-0.15, -0.1) is 0 Å². The van der Waals surface area contributed by atoms with E-state index in [9.17, 15) is 9.59 Å². The van der Waals surface area contributed by atoms with Crippen LogP contribution in [0.3, 0.4) is 0 Å². The molecule has 30 heavy (non-hydrogen) atoms. The number of carbonyl (C=O) groups is 2. The molecule has 4 rings (SSSR count). The predicted molar refractivity (Wildman–Crippen MR) is 115 cm³/mol. The minimum absolute atomic E-state index is 0.127. The van der Waals surface area contributed by atoms with Crippen molar-refractivity contribution in [2.24, 2.45) is 0 Å². The first-order valence-corrected chi connectivity index (χ1v) is 10.3. The van der Waals surface area contributed by atoms with E-state index in [1.54, 1.807) is 12.3 Å². The topological polar surface area (TPSA) is 73.2 Å². The van der Waals surface area contributed by atoms with Gasteiger partial charge in [-0.2, -0.15) is 5.10 Å². The monoisotopic (exact) mass is 403 g/mol. The van der Waals surface area contributed by atoms with Gasteiger partial charge in [-0.05, 0) is 29.5 Å². The maximum absolute atomic E-state index is 12.2. The highest BCUT2D eigenvalue weighted by molar-refractivity contribution is 5.92. The summed E-state index contributed by atoms with van der Waals surface area (Å²) in [4.78, 5) is 24.3. The van der Waals surface area contributed by atoms with Crippen LogP contribution in [0.2, 0.25) is 0 Å². The summed E-state index contributed by atoms with van der Waals surface area (Å²) >= 11 is 0. The van der Waals surface area contributed by atoms with E-state index in [1.165, 1.54) is 12.8 Å². The Hall–Kier alpha value is -3.41. The van der Waals surface area contributed by atoms with Crippen LogP contribution in [0.1, 0.15) is 37.3 Å². The van der Waals surface area contributed by atoms with Crippen molar-refractivity contribution in [2.45, 2.75) is 38.1 Å². The lowest BCUT2D eigenvalue weighted by Crippen LogP contribution is -2.23. The third-order valence-corrected chi connectivity index (χ3v) is 5.38. The van der Waals surface area contributed by atoms with E-state index in [-0.39, 0.29) is 18.9 Å². The van der Waals surface area contributed by atoms with Crippen molar-refractivity contribution >= 4 is 17.7 Å². The lowest BCUT2D eigenvalue weighted by Gasteiger charge is -2.14. The second kappa shape index (κ2) is 9.39. The molecule has 0 bridgehead atoms. The Morgan fingerprint density at radius 2 is 1.67 bits per heavy atom. The first-order valence-electron chi connectivity index (χ1n) is 10.3. The molecular weight excluding hydrogens is 378 g/mol. The summed E-state index contributed by atoms with van der Waals surface area (Å²) in [6.07, 6.45) is 6.32. The number of rotatable bonds is 7. The van der Waals surface area contributed by atoms with Crippen molar-refractivity contribution < 1.29 is 14.3 Å². The maximum atomic E-state index is 12.2. The van der Waals surface area contributed by atoms with Crippen LogP contribution in [-0.2, 0) is 20.7 Å². The van der Waals surface area contributed by atoms with E-state index >= 15 is 0 Å². The molecule has 1 saturated carbocycles. The molecule has 2 aromatic carbocycles. The van der Waals surface area contributed by atoms with Crippen LogP contribution in [0.25, 0.3) is 11.1 Å². The fraction of sp³-hybridized carbons (Fsp3) is 0.292. The SMILES string of the molecule is O=C(COC(=O)Cc1ccc(-c2ccccc2)cc1)Nc1ccnn1C1CCCC1. The van der Waals surface area contributed by atoms with Crippen LogP contribution < -0.4 is 5.32 Å². The van der Waals surface area contributed by atoms with Gasteiger partial charge in [-0.1, -0.05) is 67.4 Å². The van der Waals surface area contributed by atoms with Crippen molar-refractivity contribution in [3.05, 3.63) is 72.4 Å². The number of ether oxygens (including phenoxy) is 1. The molecule has 1 fully saturated rings. The van der Waals surface area contributed by atoms with Crippen LogP contribution in [0.15, 0.2) is 66.9 Å². The minimum atomic E-state index is -0.429. The normalized spacial score (nSPS) is 13.9. The minimum Gasteiger partial charge on any atom is -0.455 e. The van der Waals surface area contributed by atoms with E-state index in [0.29, 0.717) is 11.9 Å². The number of esters is 1. The van der Waals surface area contributed by atoms with Gasteiger partial charge in [0.15, 0.2) is 6.61 Å². The molecular formula is C24H25N3O3. The van der Waals surface area contributed by atoms with Crippen LogP contribution >= 0.6 is 0 Å². The summed E-state index contributed by atoms with van der Waals surface area (Å²) in [6.45, 7) is -0.309. The Labute approximate surface area is 175 Å². The quantitative estimate of drug-likeness (QED) is 0.594. The first kappa shape index (κ1) is 19.9. The molecule has 154 valence electrons. The average molecular weight is 403 g/mol. The van der Waals surface area contributed by atoms with Crippen molar-refractivity contribution in [1.82, 2.24) is 9.78 Å². The summed E-state index contributed by atoms with van der Waals surface area (Å²) in [7, 11) is 0. The Kier molecular flexibility index (Phi) is 6.23. The van der Waals surface area contributed by atoms with Crippen LogP contribution in [0.4, 0.5) is 5.82 Å². The molecule has 6 heteroatoms. The van der Waals surface area contributed by atoms with E-state index in [2.05, 4.69) is 10.4 Å². The second-order valence-electron chi connectivity index (χ2n) is 7.55. The van der Waals surface area contributed by atoms with E-state index in [1.807, 2.05) is 59.3 Å². The molecule has 1 aliphatic rings. The Morgan fingerprint density at radius 1 is 0.967 bits per heavy atom. The van der Waals surface area contributed by atoms with Crippen LogP contribution in [-0.4, -0.2) is 28.3 Å². The molecule has 3 aromatic rings. The third-order valence-electron chi connectivity index (χ3n) is 5.38. The molecule has 1 aliphatic carbocycles. The molecule has 1 N–H and O–H groups in total. The van der Waals surface area contributed by atoms with Gasteiger partial charge in [0.25, 0.3) is 5.91 Å². The largest absolute Gasteiger partial charge is 0.455 e. The summed E-state index contributed by atoms with van der Waals surface area (Å²) in [6, 6.07) is 19.9. The fourth-order valence-corrected chi connectivity index (χ4v) is 3.84. The van der Waals surface area contributed by atoms with E-state index in [0.717, 1.165) is 29.5 Å². The van der Waals surface area contributed by atoms with Gasteiger partial charge in [0.1, 0.15) is 5.82 Å². The van der Waals surface area contributed by atoms with Gasteiger partial charge in [0.05, 0.1) is 18.7 Å².